The second-order valence-corrected chi connectivity index (χ2v) is 4.41. The second kappa shape index (κ2) is 4.27. The van der Waals surface area contributed by atoms with E-state index in [1.54, 1.807) is 0 Å². The summed E-state index contributed by atoms with van der Waals surface area (Å²) in [5, 5.41) is 8.68. The maximum atomic E-state index is 12.5. The number of carboxylic acid groups (broad SMARTS) is 1. The molecule has 0 atom stereocenters. The van der Waals surface area contributed by atoms with Crippen LogP contribution in [0.2, 0.25) is 0 Å². The van der Waals surface area contributed by atoms with Gasteiger partial charge in [0.1, 0.15) is 17.8 Å². The number of aliphatic carboxylic acids is 1. The van der Waals surface area contributed by atoms with Crippen LogP contribution in [0.15, 0.2) is 22.8 Å². The lowest BCUT2D eigenvalue weighted by molar-refractivity contribution is -0.141. The second-order valence-electron chi connectivity index (χ2n) is 3.56. The summed E-state index contributed by atoms with van der Waals surface area (Å²) < 4.78 is 39.1. The standard InChI is InChI=1S/C10H6BrF3N2O2/c11-5-3-16(4-8(17)18)6-1-2-7(10(12,13)14)15-9(5)6/h1-3H,4H2,(H,17,18). The molecule has 96 valence electrons. The van der Waals surface area contributed by atoms with Crippen LogP contribution < -0.4 is 0 Å². The molecule has 0 saturated heterocycles. The maximum absolute atomic E-state index is 12.5. The van der Waals surface area contributed by atoms with Gasteiger partial charge in [-0.2, -0.15) is 13.2 Å². The first kappa shape index (κ1) is 12.9. The van der Waals surface area contributed by atoms with Gasteiger partial charge in [0.05, 0.1) is 9.99 Å². The van der Waals surface area contributed by atoms with Crippen LogP contribution in [0.5, 0.6) is 0 Å². The van der Waals surface area contributed by atoms with Crippen LogP contribution in [0.1, 0.15) is 5.69 Å². The number of carbonyl (C=O) groups is 1. The molecule has 0 aliphatic heterocycles. The van der Waals surface area contributed by atoms with Crippen LogP contribution in [-0.2, 0) is 17.5 Å². The Balaban J connectivity index is 2.59. The van der Waals surface area contributed by atoms with Gasteiger partial charge in [0.25, 0.3) is 0 Å². The molecule has 0 aromatic carbocycles. The summed E-state index contributed by atoms with van der Waals surface area (Å²) in [6.45, 7) is -0.338. The molecular weight excluding hydrogens is 317 g/mol. The molecular formula is C10H6BrF3N2O2. The molecule has 2 aromatic rings. The topological polar surface area (TPSA) is 55.1 Å². The zero-order valence-electron chi connectivity index (χ0n) is 8.70. The van der Waals surface area contributed by atoms with Crippen LogP contribution >= 0.6 is 15.9 Å². The molecule has 2 aromatic heterocycles. The molecule has 4 nitrogen and oxygen atoms in total. The Labute approximate surface area is 107 Å². The predicted octanol–water partition coefficient (Wildman–Crippen LogP) is 2.90. The lowest BCUT2D eigenvalue weighted by atomic mass is 10.3. The molecule has 0 fully saturated rings. The Bertz CT molecular complexity index is 621. The minimum atomic E-state index is -4.53. The van der Waals surface area contributed by atoms with Gasteiger partial charge >= 0.3 is 12.1 Å². The molecule has 0 unspecified atom stereocenters. The van der Waals surface area contributed by atoms with Crippen molar-refractivity contribution in [1.82, 2.24) is 9.55 Å². The summed E-state index contributed by atoms with van der Waals surface area (Å²) in [5.41, 5.74) is -0.591. The minimum Gasteiger partial charge on any atom is -0.480 e. The molecule has 0 aliphatic rings. The van der Waals surface area contributed by atoms with Crippen LogP contribution in [0.4, 0.5) is 13.2 Å². The number of fused-ring (bicyclic) bond motifs is 1. The van der Waals surface area contributed by atoms with Crippen molar-refractivity contribution in [3.05, 3.63) is 28.5 Å². The summed E-state index contributed by atoms with van der Waals surface area (Å²) >= 11 is 3.06. The molecule has 0 spiro atoms. The average Bonchev–Trinajstić information content (AvgIpc) is 2.53. The van der Waals surface area contributed by atoms with Crippen molar-refractivity contribution in [2.45, 2.75) is 12.7 Å². The first-order valence-electron chi connectivity index (χ1n) is 4.73. The molecule has 0 bridgehead atoms. The first-order valence-corrected chi connectivity index (χ1v) is 5.52. The van der Waals surface area contributed by atoms with Gasteiger partial charge in [0.2, 0.25) is 0 Å². The van der Waals surface area contributed by atoms with Gasteiger partial charge in [-0.3, -0.25) is 4.79 Å². The van der Waals surface area contributed by atoms with E-state index in [1.807, 2.05) is 0 Å². The number of hydrogen-bond donors (Lipinski definition) is 1. The van der Waals surface area contributed by atoms with E-state index in [1.165, 1.54) is 16.8 Å². The van der Waals surface area contributed by atoms with E-state index < -0.39 is 17.8 Å². The Morgan fingerprint density at radius 1 is 1.44 bits per heavy atom. The molecule has 8 heteroatoms. The Hall–Kier alpha value is -1.57. The fourth-order valence-electron chi connectivity index (χ4n) is 1.56. The van der Waals surface area contributed by atoms with Crippen LogP contribution in [0.25, 0.3) is 11.0 Å². The number of alkyl halides is 3. The third kappa shape index (κ3) is 2.33. The van der Waals surface area contributed by atoms with Gasteiger partial charge in [-0.1, -0.05) is 0 Å². The monoisotopic (exact) mass is 322 g/mol. The van der Waals surface area contributed by atoms with Crippen molar-refractivity contribution in [2.24, 2.45) is 0 Å². The van der Waals surface area contributed by atoms with E-state index in [-0.39, 0.29) is 12.1 Å². The Morgan fingerprint density at radius 2 is 2.11 bits per heavy atom. The van der Waals surface area contributed by atoms with Crippen molar-refractivity contribution < 1.29 is 23.1 Å². The smallest absolute Gasteiger partial charge is 0.433 e. The zero-order valence-corrected chi connectivity index (χ0v) is 10.3. The molecule has 18 heavy (non-hydrogen) atoms. The number of aromatic nitrogens is 2. The summed E-state index contributed by atoms with van der Waals surface area (Å²) in [5.74, 6) is -1.08. The van der Waals surface area contributed by atoms with E-state index in [0.717, 1.165) is 6.07 Å². The van der Waals surface area contributed by atoms with E-state index in [0.29, 0.717) is 9.99 Å². The quantitative estimate of drug-likeness (QED) is 0.925. The third-order valence-electron chi connectivity index (χ3n) is 2.27. The minimum absolute atomic E-state index is 0.0890. The highest BCUT2D eigenvalue weighted by Gasteiger charge is 2.33. The van der Waals surface area contributed by atoms with E-state index >= 15 is 0 Å². The Morgan fingerprint density at radius 3 is 2.67 bits per heavy atom. The normalized spacial score (nSPS) is 12.0. The van der Waals surface area contributed by atoms with E-state index in [4.69, 9.17) is 5.11 Å². The number of hydrogen-bond acceptors (Lipinski definition) is 2. The summed E-state index contributed by atoms with van der Waals surface area (Å²) in [4.78, 5) is 14.1. The maximum Gasteiger partial charge on any atom is 0.433 e. The molecule has 1 N–H and O–H groups in total. The van der Waals surface area contributed by atoms with Crippen molar-refractivity contribution in [3.8, 4) is 0 Å². The lowest BCUT2D eigenvalue weighted by Crippen LogP contribution is -2.09. The highest BCUT2D eigenvalue weighted by atomic mass is 79.9. The van der Waals surface area contributed by atoms with Crippen molar-refractivity contribution in [2.75, 3.05) is 0 Å². The van der Waals surface area contributed by atoms with E-state index in [2.05, 4.69) is 20.9 Å². The van der Waals surface area contributed by atoms with E-state index in [9.17, 15) is 18.0 Å². The molecule has 0 radical (unpaired) electrons. The van der Waals surface area contributed by atoms with Gasteiger partial charge in [-0.05, 0) is 28.1 Å². The zero-order chi connectivity index (χ0) is 13.5. The number of halogens is 4. The number of nitrogens with zero attached hydrogens (tertiary/aromatic N) is 2. The summed E-state index contributed by atoms with van der Waals surface area (Å²) in [7, 11) is 0. The van der Waals surface area contributed by atoms with Gasteiger partial charge < -0.3 is 9.67 Å². The average molecular weight is 323 g/mol. The SMILES string of the molecule is O=C(O)Cn1cc(Br)c2nc(C(F)(F)F)ccc21. The first-order chi connectivity index (χ1) is 8.29. The molecule has 2 heterocycles. The molecule has 0 amide bonds. The van der Waals surface area contributed by atoms with Crippen LogP contribution in [0.3, 0.4) is 0 Å². The number of pyridine rings is 1. The molecule has 0 saturated carbocycles. The van der Waals surface area contributed by atoms with Crippen LogP contribution in [0, 0.1) is 0 Å². The fourth-order valence-corrected chi connectivity index (χ4v) is 2.10. The number of carboxylic acids is 1. The van der Waals surface area contributed by atoms with Gasteiger partial charge in [-0.15, -0.1) is 0 Å². The van der Waals surface area contributed by atoms with Crippen molar-refractivity contribution >= 4 is 32.9 Å². The van der Waals surface area contributed by atoms with Crippen LogP contribution in [-0.4, -0.2) is 20.6 Å². The number of rotatable bonds is 2. The predicted molar refractivity (Wildman–Crippen MR) is 60.1 cm³/mol. The van der Waals surface area contributed by atoms with Crippen molar-refractivity contribution in [3.63, 3.8) is 0 Å². The van der Waals surface area contributed by atoms with Gasteiger partial charge in [0, 0.05) is 6.20 Å². The molecule has 0 aliphatic carbocycles. The lowest BCUT2D eigenvalue weighted by Gasteiger charge is -2.06. The highest BCUT2D eigenvalue weighted by molar-refractivity contribution is 9.10. The summed E-state index contributed by atoms with van der Waals surface area (Å²) in [6, 6.07) is 2.03. The van der Waals surface area contributed by atoms with Crippen molar-refractivity contribution in [1.29, 1.82) is 0 Å². The largest absolute Gasteiger partial charge is 0.480 e. The van der Waals surface area contributed by atoms with Gasteiger partial charge in [0.15, 0.2) is 0 Å². The molecule has 2 rings (SSSR count). The summed E-state index contributed by atoms with van der Waals surface area (Å²) in [6.07, 6.45) is -3.13. The fraction of sp³-hybridized carbons (Fsp3) is 0.200. The van der Waals surface area contributed by atoms with Gasteiger partial charge in [-0.25, -0.2) is 4.98 Å². The Kier molecular flexibility index (Phi) is 3.05. The third-order valence-corrected chi connectivity index (χ3v) is 2.86. The highest BCUT2D eigenvalue weighted by Crippen LogP contribution is 2.31.